The van der Waals surface area contributed by atoms with Gasteiger partial charge in [-0.3, -0.25) is 9.52 Å². The Balaban J connectivity index is 1.68. The third-order valence-electron chi connectivity index (χ3n) is 6.92. The van der Waals surface area contributed by atoms with Crippen LogP contribution in [0.2, 0.25) is 0 Å². The molecule has 0 radical (unpaired) electrons. The number of amides is 1. The van der Waals surface area contributed by atoms with Gasteiger partial charge in [-0.15, -0.1) is 0 Å². The van der Waals surface area contributed by atoms with Gasteiger partial charge in [0.15, 0.2) is 10.1 Å². The van der Waals surface area contributed by atoms with Crippen LogP contribution in [0.1, 0.15) is 19.4 Å². The number of rotatable bonds is 9. The van der Waals surface area contributed by atoms with E-state index in [4.69, 9.17) is 4.74 Å². The van der Waals surface area contributed by atoms with Gasteiger partial charge in [0.05, 0.1) is 38.3 Å². The summed E-state index contributed by atoms with van der Waals surface area (Å²) in [6.07, 6.45) is 4.71. The number of sulfonamides is 2. The lowest BCUT2D eigenvalue weighted by molar-refractivity contribution is -0.134. The van der Waals surface area contributed by atoms with Crippen LogP contribution in [-0.2, 0) is 45.4 Å². The number of aliphatic hydroxyl groups is 1. The molecule has 0 fully saturated rings. The summed E-state index contributed by atoms with van der Waals surface area (Å²) < 4.78 is 65.1. The van der Waals surface area contributed by atoms with E-state index in [1.54, 1.807) is 27.1 Å². The minimum Gasteiger partial charge on any atom is -0.488 e. The standard InChI is InChI=1S/C25H35N7O7S2/c1-17-10-32(18(2)14-33)25(34)9-19-8-20(28-40(35,36)23-12-29(3)15-26-23)6-7-21(19)39-22(17)11-31(5)41(37,38)24-13-30(4)16-27-24/h6-8,12-13,15-18,22,28,33H,9-11,14H2,1-5H3/t17-,18-,22-/m1/s1. The summed E-state index contributed by atoms with van der Waals surface area (Å²) in [5.41, 5.74) is 0.604. The molecular formula is C25H35N7O7S2. The number of fused-ring (bicyclic) bond motifs is 1. The van der Waals surface area contributed by atoms with Gasteiger partial charge in [0.25, 0.3) is 20.0 Å². The number of hydrogen-bond donors (Lipinski definition) is 2. The molecule has 3 atom stereocenters. The number of ether oxygens (including phenoxy) is 1. The normalized spacial score (nSPS) is 19.2. The smallest absolute Gasteiger partial charge is 0.280 e. The Morgan fingerprint density at radius 3 is 2.34 bits per heavy atom. The first kappa shape index (κ1) is 30.5. The molecule has 0 saturated heterocycles. The minimum atomic E-state index is -3.99. The van der Waals surface area contributed by atoms with Gasteiger partial charge < -0.3 is 23.9 Å². The fourth-order valence-corrected chi connectivity index (χ4v) is 6.65. The van der Waals surface area contributed by atoms with E-state index < -0.39 is 32.2 Å². The van der Waals surface area contributed by atoms with Crippen molar-refractivity contribution in [2.75, 3.05) is 31.5 Å². The van der Waals surface area contributed by atoms with Gasteiger partial charge in [-0.1, -0.05) is 6.92 Å². The Bertz CT molecular complexity index is 1620. The molecule has 2 N–H and O–H groups in total. The maximum absolute atomic E-state index is 13.4. The van der Waals surface area contributed by atoms with Crippen LogP contribution in [0.5, 0.6) is 5.75 Å². The van der Waals surface area contributed by atoms with Gasteiger partial charge in [-0.05, 0) is 25.1 Å². The molecule has 3 heterocycles. The van der Waals surface area contributed by atoms with Crippen molar-refractivity contribution in [2.45, 2.75) is 42.5 Å². The summed E-state index contributed by atoms with van der Waals surface area (Å²) in [7, 11) is -3.17. The van der Waals surface area contributed by atoms with Crippen LogP contribution in [0.4, 0.5) is 5.69 Å². The highest BCUT2D eigenvalue weighted by molar-refractivity contribution is 7.92. The zero-order valence-electron chi connectivity index (χ0n) is 23.5. The van der Waals surface area contributed by atoms with Crippen LogP contribution in [0.25, 0.3) is 0 Å². The first-order valence-electron chi connectivity index (χ1n) is 12.9. The Kier molecular flexibility index (Phi) is 8.77. The van der Waals surface area contributed by atoms with Crippen molar-refractivity contribution in [3.63, 3.8) is 0 Å². The number of hydrogen-bond acceptors (Lipinski definition) is 9. The molecule has 0 saturated carbocycles. The predicted octanol–water partition coefficient (Wildman–Crippen LogP) is 0.424. The number of imidazole rings is 2. The van der Waals surface area contributed by atoms with Gasteiger partial charge in [0.1, 0.15) is 11.9 Å². The third-order valence-corrected chi connectivity index (χ3v) is 9.89. The topological polar surface area (TPSA) is 169 Å². The molecule has 0 unspecified atom stereocenters. The molecule has 1 amide bonds. The number of nitrogens with one attached hydrogen (secondary N) is 1. The number of aromatic nitrogens is 4. The van der Waals surface area contributed by atoms with Crippen molar-refractivity contribution in [1.82, 2.24) is 28.3 Å². The van der Waals surface area contributed by atoms with E-state index in [0.717, 1.165) is 4.31 Å². The third kappa shape index (κ3) is 6.72. The van der Waals surface area contributed by atoms with E-state index >= 15 is 0 Å². The number of carbonyl (C=O) groups is 1. The van der Waals surface area contributed by atoms with Gasteiger partial charge in [-0.25, -0.2) is 18.4 Å². The maximum atomic E-state index is 13.4. The molecule has 224 valence electrons. The van der Waals surface area contributed by atoms with Gasteiger partial charge in [0.2, 0.25) is 5.91 Å². The highest BCUT2D eigenvalue weighted by Crippen LogP contribution is 2.30. The second-order valence-electron chi connectivity index (χ2n) is 10.4. The van der Waals surface area contributed by atoms with Crippen LogP contribution in [0.15, 0.2) is 53.3 Å². The van der Waals surface area contributed by atoms with Crippen LogP contribution < -0.4 is 9.46 Å². The van der Waals surface area contributed by atoms with Crippen molar-refractivity contribution in [3.8, 4) is 5.75 Å². The van der Waals surface area contributed by atoms with Crippen LogP contribution >= 0.6 is 0 Å². The molecule has 4 rings (SSSR count). The zero-order valence-corrected chi connectivity index (χ0v) is 25.1. The second-order valence-corrected chi connectivity index (χ2v) is 14.0. The minimum absolute atomic E-state index is 0.0525. The molecule has 1 aromatic carbocycles. The van der Waals surface area contributed by atoms with Crippen LogP contribution in [0.3, 0.4) is 0 Å². The number of benzene rings is 1. The van der Waals surface area contributed by atoms with Crippen molar-refractivity contribution in [1.29, 1.82) is 0 Å². The highest BCUT2D eigenvalue weighted by atomic mass is 32.2. The fraction of sp³-hybridized carbons (Fsp3) is 0.480. The SMILES string of the molecule is C[C@@H]1CN([C@H](C)CO)C(=O)Cc2cc(NS(=O)(=O)c3cn(C)cn3)ccc2O[C@@H]1CN(C)S(=O)(=O)c1cn(C)cn1. The molecule has 16 heteroatoms. The summed E-state index contributed by atoms with van der Waals surface area (Å²) in [4.78, 5) is 22.8. The predicted molar refractivity (Wildman–Crippen MR) is 149 cm³/mol. The first-order chi connectivity index (χ1) is 19.2. The van der Waals surface area contributed by atoms with Crippen LogP contribution in [-0.4, -0.2) is 95.0 Å². The Morgan fingerprint density at radius 1 is 1.12 bits per heavy atom. The molecule has 41 heavy (non-hydrogen) atoms. The van der Waals surface area contributed by atoms with Crippen molar-refractivity contribution < 1.29 is 31.5 Å². The van der Waals surface area contributed by atoms with Crippen molar-refractivity contribution >= 4 is 31.6 Å². The highest BCUT2D eigenvalue weighted by Gasteiger charge is 2.34. The Labute approximate surface area is 239 Å². The summed E-state index contributed by atoms with van der Waals surface area (Å²) in [5, 5.41) is 9.58. The summed E-state index contributed by atoms with van der Waals surface area (Å²) in [5.74, 6) is -0.316. The Morgan fingerprint density at radius 2 is 1.76 bits per heavy atom. The molecule has 0 aliphatic carbocycles. The molecular weight excluding hydrogens is 574 g/mol. The molecule has 3 aromatic rings. The number of aliphatic hydroxyl groups excluding tert-OH is 1. The van der Waals surface area contributed by atoms with Gasteiger partial charge in [0, 0.05) is 57.3 Å². The fourth-order valence-electron chi connectivity index (χ4n) is 4.48. The monoisotopic (exact) mass is 609 g/mol. The lowest BCUT2D eigenvalue weighted by Crippen LogP contribution is -2.48. The molecule has 2 aromatic heterocycles. The van der Waals surface area contributed by atoms with Gasteiger partial charge in [-0.2, -0.15) is 12.7 Å². The van der Waals surface area contributed by atoms with E-state index in [9.17, 15) is 26.7 Å². The van der Waals surface area contributed by atoms with E-state index in [0.29, 0.717) is 11.3 Å². The number of aryl methyl sites for hydroxylation is 2. The summed E-state index contributed by atoms with van der Waals surface area (Å²) in [6, 6.07) is 4.06. The van der Waals surface area contributed by atoms with E-state index in [1.165, 1.54) is 58.3 Å². The first-order valence-corrected chi connectivity index (χ1v) is 15.8. The second kappa shape index (κ2) is 11.8. The van der Waals surface area contributed by atoms with Crippen molar-refractivity contribution in [2.24, 2.45) is 20.0 Å². The average Bonchev–Trinajstić information content (AvgIpc) is 3.56. The quantitative estimate of drug-likeness (QED) is 0.349. The molecule has 1 aliphatic rings. The zero-order chi connectivity index (χ0) is 30.1. The van der Waals surface area contributed by atoms with E-state index in [2.05, 4.69) is 14.7 Å². The van der Waals surface area contributed by atoms with E-state index in [1.807, 2.05) is 6.92 Å². The Hall–Kier alpha value is -3.47. The molecule has 0 bridgehead atoms. The average molecular weight is 610 g/mol. The maximum Gasteiger partial charge on any atom is 0.280 e. The lowest BCUT2D eigenvalue weighted by Gasteiger charge is -2.33. The lowest BCUT2D eigenvalue weighted by atomic mass is 10.0. The number of anilines is 1. The van der Waals surface area contributed by atoms with Crippen molar-refractivity contribution in [3.05, 3.63) is 48.8 Å². The summed E-state index contributed by atoms with van der Waals surface area (Å²) in [6.45, 7) is 3.44. The number of carbonyl (C=O) groups excluding carboxylic acids is 1. The molecule has 14 nitrogen and oxygen atoms in total. The number of nitrogens with zero attached hydrogens (tertiary/aromatic N) is 6. The van der Waals surface area contributed by atoms with E-state index in [-0.39, 0.29) is 53.7 Å². The molecule has 1 aliphatic heterocycles. The van der Waals surface area contributed by atoms with Gasteiger partial charge >= 0.3 is 0 Å². The largest absolute Gasteiger partial charge is 0.488 e. The number of likely N-dealkylation sites (N-methyl/N-ethyl adjacent to an activating group) is 1. The molecule has 0 spiro atoms. The van der Waals surface area contributed by atoms with Crippen LogP contribution in [0, 0.1) is 5.92 Å². The summed E-state index contributed by atoms with van der Waals surface area (Å²) >= 11 is 0.